The van der Waals surface area contributed by atoms with Gasteiger partial charge in [0.25, 0.3) is 0 Å². The Morgan fingerprint density at radius 3 is 3.00 bits per heavy atom. The average Bonchev–Trinajstić information content (AvgIpc) is 2.38. The van der Waals surface area contributed by atoms with Crippen LogP contribution in [-0.4, -0.2) is 50.2 Å². The Balaban J connectivity index is 1.64. The summed E-state index contributed by atoms with van der Waals surface area (Å²) in [5, 5.41) is 7.27. The lowest BCUT2D eigenvalue weighted by atomic mass is 9.98. The number of nitrogens with one attached hydrogen (secondary N) is 2. The first-order chi connectivity index (χ1) is 7.88. The molecule has 2 saturated heterocycles. The monoisotopic (exact) mass is 225 g/mol. The second kappa shape index (κ2) is 6.58. The number of likely N-dealkylation sites (N-methyl/N-ethyl adjacent to an activating group) is 1. The lowest BCUT2D eigenvalue weighted by Crippen LogP contribution is -2.48. The molecule has 2 aliphatic heterocycles. The van der Waals surface area contributed by atoms with Crippen LogP contribution in [0, 0.1) is 5.92 Å². The lowest BCUT2D eigenvalue weighted by molar-refractivity contribution is 0.192. The second-order valence-electron chi connectivity index (χ2n) is 5.35. The molecule has 2 aliphatic rings. The molecule has 0 radical (unpaired) electrons. The molecule has 0 aliphatic carbocycles. The molecule has 2 atom stereocenters. The Bertz CT molecular complexity index is 190. The van der Waals surface area contributed by atoms with E-state index in [9.17, 15) is 0 Å². The Morgan fingerprint density at radius 1 is 1.31 bits per heavy atom. The highest BCUT2D eigenvalue weighted by Gasteiger charge is 2.20. The normalized spacial score (nSPS) is 32.8. The van der Waals surface area contributed by atoms with Crippen molar-refractivity contribution in [3.05, 3.63) is 0 Å². The van der Waals surface area contributed by atoms with Crippen molar-refractivity contribution in [1.82, 2.24) is 15.5 Å². The summed E-state index contributed by atoms with van der Waals surface area (Å²) in [6, 6.07) is 0.746. The average molecular weight is 225 g/mol. The molecule has 0 amide bonds. The summed E-state index contributed by atoms with van der Waals surface area (Å²) in [5.41, 5.74) is 0. The molecule has 0 saturated carbocycles. The maximum absolute atomic E-state index is 3.77. The number of hydrogen-bond acceptors (Lipinski definition) is 3. The van der Waals surface area contributed by atoms with Gasteiger partial charge in [-0.3, -0.25) is 0 Å². The fourth-order valence-corrected chi connectivity index (χ4v) is 2.94. The van der Waals surface area contributed by atoms with E-state index < -0.39 is 0 Å². The van der Waals surface area contributed by atoms with Crippen LogP contribution in [0.3, 0.4) is 0 Å². The Morgan fingerprint density at radius 2 is 2.25 bits per heavy atom. The predicted octanol–water partition coefficient (Wildman–Crippen LogP) is 1.06. The number of nitrogens with zero attached hydrogens (tertiary/aromatic N) is 1. The summed E-state index contributed by atoms with van der Waals surface area (Å²) in [6.07, 6.45) is 5.51. The Kier molecular flexibility index (Phi) is 5.07. The van der Waals surface area contributed by atoms with Crippen molar-refractivity contribution in [2.24, 2.45) is 5.92 Å². The van der Waals surface area contributed by atoms with Gasteiger partial charge in [-0.1, -0.05) is 6.92 Å². The van der Waals surface area contributed by atoms with Crippen LogP contribution in [0.1, 0.15) is 32.6 Å². The van der Waals surface area contributed by atoms with Crippen LogP contribution in [0.25, 0.3) is 0 Å². The maximum atomic E-state index is 3.77. The quantitative estimate of drug-likeness (QED) is 0.749. The van der Waals surface area contributed by atoms with Gasteiger partial charge in [-0.25, -0.2) is 0 Å². The number of piperidine rings is 2. The third-order valence-electron chi connectivity index (χ3n) is 4.05. The summed E-state index contributed by atoms with van der Waals surface area (Å²) in [4.78, 5) is 2.57. The molecule has 2 rings (SSSR count). The van der Waals surface area contributed by atoms with Crippen LogP contribution in [-0.2, 0) is 0 Å². The van der Waals surface area contributed by atoms with E-state index in [1.807, 2.05) is 0 Å². The van der Waals surface area contributed by atoms with Crippen LogP contribution in [0.15, 0.2) is 0 Å². The minimum Gasteiger partial charge on any atom is -0.316 e. The van der Waals surface area contributed by atoms with E-state index in [-0.39, 0.29) is 0 Å². The molecule has 2 fully saturated rings. The van der Waals surface area contributed by atoms with Gasteiger partial charge in [0.2, 0.25) is 0 Å². The lowest BCUT2D eigenvalue weighted by Gasteiger charge is -2.34. The minimum absolute atomic E-state index is 0.746. The number of hydrogen-bond donors (Lipinski definition) is 2. The van der Waals surface area contributed by atoms with E-state index in [0.717, 1.165) is 12.0 Å². The third-order valence-corrected chi connectivity index (χ3v) is 4.05. The van der Waals surface area contributed by atoms with Crippen LogP contribution in [0.4, 0.5) is 0 Å². The van der Waals surface area contributed by atoms with Gasteiger partial charge in [0, 0.05) is 12.6 Å². The number of likely N-dealkylation sites (tertiary alicyclic amines) is 1. The van der Waals surface area contributed by atoms with Gasteiger partial charge in [-0.05, 0) is 64.3 Å². The van der Waals surface area contributed by atoms with Crippen molar-refractivity contribution in [3.8, 4) is 0 Å². The van der Waals surface area contributed by atoms with Gasteiger partial charge in [-0.15, -0.1) is 0 Å². The molecule has 0 spiro atoms. The fraction of sp³-hybridized carbons (Fsp3) is 1.00. The SMILES string of the molecule is CCN1CCCC(NCC2CCCNC2)C1. The smallest absolute Gasteiger partial charge is 0.0195 e. The van der Waals surface area contributed by atoms with Gasteiger partial charge in [0.05, 0.1) is 0 Å². The van der Waals surface area contributed by atoms with Gasteiger partial charge in [0.15, 0.2) is 0 Å². The van der Waals surface area contributed by atoms with Gasteiger partial charge >= 0.3 is 0 Å². The molecule has 2 heterocycles. The van der Waals surface area contributed by atoms with E-state index in [0.29, 0.717) is 0 Å². The number of rotatable bonds is 4. The molecule has 3 nitrogen and oxygen atoms in total. The van der Waals surface area contributed by atoms with Crippen molar-refractivity contribution in [3.63, 3.8) is 0 Å². The zero-order chi connectivity index (χ0) is 11.2. The third kappa shape index (κ3) is 3.72. The zero-order valence-corrected chi connectivity index (χ0v) is 10.7. The molecule has 0 aromatic rings. The molecule has 0 bridgehead atoms. The highest BCUT2D eigenvalue weighted by molar-refractivity contribution is 4.80. The predicted molar refractivity (Wildman–Crippen MR) is 68.7 cm³/mol. The Hall–Kier alpha value is -0.120. The van der Waals surface area contributed by atoms with Crippen LogP contribution < -0.4 is 10.6 Å². The van der Waals surface area contributed by atoms with E-state index >= 15 is 0 Å². The van der Waals surface area contributed by atoms with Crippen LogP contribution >= 0.6 is 0 Å². The van der Waals surface area contributed by atoms with Crippen molar-refractivity contribution >= 4 is 0 Å². The van der Waals surface area contributed by atoms with Crippen LogP contribution in [0.5, 0.6) is 0 Å². The van der Waals surface area contributed by atoms with Crippen LogP contribution in [0.2, 0.25) is 0 Å². The summed E-state index contributed by atoms with van der Waals surface area (Å²) in [7, 11) is 0. The summed E-state index contributed by atoms with van der Waals surface area (Å²) in [6.45, 7) is 9.71. The minimum atomic E-state index is 0.746. The molecule has 0 aromatic carbocycles. The second-order valence-corrected chi connectivity index (χ2v) is 5.35. The van der Waals surface area contributed by atoms with Gasteiger partial charge in [-0.2, -0.15) is 0 Å². The van der Waals surface area contributed by atoms with Gasteiger partial charge in [0.1, 0.15) is 0 Å². The molecule has 16 heavy (non-hydrogen) atoms. The Labute approximate surface area is 100.0 Å². The molecule has 2 unspecified atom stereocenters. The first-order valence-electron chi connectivity index (χ1n) is 7.05. The summed E-state index contributed by atoms with van der Waals surface area (Å²) >= 11 is 0. The van der Waals surface area contributed by atoms with Crippen molar-refractivity contribution in [2.75, 3.05) is 39.3 Å². The van der Waals surface area contributed by atoms with Crippen molar-refractivity contribution < 1.29 is 0 Å². The molecular weight excluding hydrogens is 198 g/mol. The standard InChI is InChI=1S/C13H27N3/c1-2-16-8-4-6-13(11-16)15-10-12-5-3-7-14-9-12/h12-15H,2-11H2,1H3. The summed E-state index contributed by atoms with van der Waals surface area (Å²) in [5.74, 6) is 0.866. The molecule has 3 heteroatoms. The highest BCUT2D eigenvalue weighted by Crippen LogP contribution is 2.12. The van der Waals surface area contributed by atoms with Crippen molar-refractivity contribution in [1.29, 1.82) is 0 Å². The topological polar surface area (TPSA) is 27.3 Å². The van der Waals surface area contributed by atoms with Gasteiger partial charge < -0.3 is 15.5 Å². The maximum Gasteiger partial charge on any atom is 0.0195 e. The molecule has 2 N–H and O–H groups in total. The van der Waals surface area contributed by atoms with E-state index in [4.69, 9.17) is 0 Å². The zero-order valence-electron chi connectivity index (χ0n) is 10.7. The molecule has 94 valence electrons. The van der Waals surface area contributed by atoms with E-state index in [2.05, 4.69) is 22.5 Å². The highest BCUT2D eigenvalue weighted by atomic mass is 15.2. The summed E-state index contributed by atoms with van der Waals surface area (Å²) < 4.78 is 0. The van der Waals surface area contributed by atoms with E-state index in [1.54, 1.807) is 0 Å². The van der Waals surface area contributed by atoms with E-state index in [1.165, 1.54) is 65.0 Å². The fourth-order valence-electron chi connectivity index (χ4n) is 2.94. The first kappa shape index (κ1) is 12.3. The molecular formula is C13H27N3. The van der Waals surface area contributed by atoms with Crippen molar-refractivity contribution in [2.45, 2.75) is 38.6 Å². The molecule has 0 aromatic heterocycles. The largest absolute Gasteiger partial charge is 0.316 e. The first-order valence-corrected chi connectivity index (χ1v) is 7.05.